The Balaban J connectivity index is 1.65. The van der Waals surface area contributed by atoms with Gasteiger partial charge in [-0.3, -0.25) is 14.9 Å². The fourth-order valence-corrected chi connectivity index (χ4v) is 3.01. The first-order valence-corrected chi connectivity index (χ1v) is 8.53. The quantitative estimate of drug-likeness (QED) is 0.168. The van der Waals surface area contributed by atoms with Gasteiger partial charge in [0.05, 0.1) is 10.7 Å². The molecule has 3 rings (SSSR count). The number of benzene rings is 2. The second-order valence-electron chi connectivity index (χ2n) is 5.42. The zero-order valence-electron chi connectivity index (χ0n) is 13.6. The van der Waals surface area contributed by atoms with Crippen LogP contribution in [0.2, 0.25) is 0 Å². The molecule has 0 saturated heterocycles. The molecule has 8 heteroatoms. The summed E-state index contributed by atoms with van der Waals surface area (Å²) >= 11 is 1.21. The van der Waals surface area contributed by atoms with E-state index in [0.717, 1.165) is 10.9 Å². The van der Waals surface area contributed by atoms with E-state index in [1.165, 1.54) is 36.0 Å². The predicted octanol–water partition coefficient (Wildman–Crippen LogP) is 3.71. The van der Waals surface area contributed by atoms with Crippen LogP contribution >= 0.6 is 11.8 Å². The van der Waals surface area contributed by atoms with Crippen LogP contribution in [-0.2, 0) is 4.79 Å². The molecule has 0 aliphatic rings. The van der Waals surface area contributed by atoms with Crippen molar-refractivity contribution in [2.24, 2.45) is 0 Å². The Bertz CT molecular complexity index is 1040. The molecule has 26 heavy (non-hydrogen) atoms. The molecule has 0 aliphatic heterocycles. The maximum Gasteiger partial charge on any atom is 0.336 e. The number of non-ortho nitro benzene ring substituents is 1. The van der Waals surface area contributed by atoms with Crippen LogP contribution < -0.4 is 10.4 Å². The lowest BCUT2D eigenvalue weighted by molar-refractivity contribution is -0.384. The van der Waals surface area contributed by atoms with Crippen molar-refractivity contribution in [3.63, 3.8) is 0 Å². The summed E-state index contributed by atoms with van der Waals surface area (Å²) in [4.78, 5) is 34.3. The number of nitrogens with zero attached hydrogens (tertiary/aromatic N) is 1. The molecule has 2 aromatic carbocycles. The number of hydrogen-bond donors (Lipinski definition) is 0. The first-order chi connectivity index (χ1) is 12.4. The molecule has 0 aliphatic carbocycles. The van der Waals surface area contributed by atoms with Crippen molar-refractivity contribution < 1.29 is 18.9 Å². The second kappa shape index (κ2) is 7.40. The number of esters is 1. The van der Waals surface area contributed by atoms with Crippen LogP contribution in [0.5, 0.6) is 5.75 Å². The highest BCUT2D eigenvalue weighted by molar-refractivity contribution is 8.00. The Labute approximate surface area is 151 Å². The van der Waals surface area contributed by atoms with E-state index >= 15 is 0 Å². The molecule has 3 aromatic rings. The molecule has 7 nitrogen and oxygen atoms in total. The highest BCUT2D eigenvalue weighted by atomic mass is 32.2. The Morgan fingerprint density at radius 2 is 1.92 bits per heavy atom. The van der Waals surface area contributed by atoms with Gasteiger partial charge in [-0.15, -0.1) is 11.8 Å². The largest absolute Gasteiger partial charge is 0.426 e. The molecule has 0 N–H and O–H groups in total. The van der Waals surface area contributed by atoms with E-state index in [1.54, 1.807) is 31.2 Å². The lowest BCUT2D eigenvalue weighted by atomic mass is 10.1. The van der Waals surface area contributed by atoms with Crippen LogP contribution in [0.15, 0.2) is 62.6 Å². The topological polar surface area (TPSA) is 99.7 Å². The number of aryl methyl sites for hydroxylation is 1. The van der Waals surface area contributed by atoms with Crippen LogP contribution in [0, 0.1) is 17.0 Å². The van der Waals surface area contributed by atoms with Gasteiger partial charge in [0.15, 0.2) is 0 Å². The number of nitro groups is 1. The standard InChI is InChI=1S/C18H13NO6S/c1-11-8-17(20)25-16-9-13(4-7-15(11)16)24-18(21)10-26-14-5-2-12(3-6-14)19(22)23/h2-9H,10H2,1H3. The number of hydrogen-bond acceptors (Lipinski definition) is 7. The fourth-order valence-electron chi connectivity index (χ4n) is 2.34. The van der Waals surface area contributed by atoms with E-state index in [-0.39, 0.29) is 17.2 Å². The summed E-state index contributed by atoms with van der Waals surface area (Å²) in [7, 11) is 0. The van der Waals surface area contributed by atoms with Gasteiger partial charge in [-0.1, -0.05) is 0 Å². The summed E-state index contributed by atoms with van der Waals surface area (Å²) in [5.74, 6) is -0.170. The van der Waals surface area contributed by atoms with Crippen molar-refractivity contribution in [3.8, 4) is 5.75 Å². The smallest absolute Gasteiger partial charge is 0.336 e. The Hall–Kier alpha value is -3.13. The number of fused-ring (bicyclic) bond motifs is 1. The van der Waals surface area contributed by atoms with Crippen molar-refractivity contribution in [3.05, 3.63) is 74.6 Å². The number of ether oxygens (including phenoxy) is 1. The van der Waals surface area contributed by atoms with E-state index in [2.05, 4.69) is 0 Å². The summed E-state index contributed by atoms with van der Waals surface area (Å²) in [5.41, 5.74) is 0.656. The molecule has 0 radical (unpaired) electrons. The average molecular weight is 371 g/mol. The van der Waals surface area contributed by atoms with Gasteiger partial charge in [-0.05, 0) is 36.8 Å². The number of thioether (sulfide) groups is 1. The van der Waals surface area contributed by atoms with Gasteiger partial charge in [0.25, 0.3) is 5.69 Å². The van der Waals surface area contributed by atoms with E-state index in [9.17, 15) is 19.7 Å². The third-order valence-electron chi connectivity index (χ3n) is 3.56. The maximum absolute atomic E-state index is 12.0. The molecule has 132 valence electrons. The summed E-state index contributed by atoms with van der Waals surface area (Å²) in [6, 6.07) is 12.1. The zero-order chi connectivity index (χ0) is 18.7. The zero-order valence-corrected chi connectivity index (χ0v) is 14.4. The molecular weight excluding hydrogens is 358 g/mol. The predicted molar refractivity (Wildman–Crippen MR) is 96.7 cm³/mol. The van der Waals surface area contributed by atoms with Crippen molar-refractivity contribution in [1.82, 2.24) is 0 Å². The van der Waals surface area contributed by atoms with Crippen molar-refractivity contribution in [1.29, 1.82) is 0 Å². The molecule has 0 fully saturated rings. The molecule has 1 aromatic heterocycles. The highest BCUT2D eigenvalue weighted by Crippen LogP contribution is 2.24. The first-order valence-electron chi connectivity index (χ1n) is 7.55. The van der Waals surface area contributed by atoms with Gasteiger partial charge in [0, 0.05) is 34.5 Å². The molecule has 0 amide bonds. The van der Waals surface area contributed by atoms with Crippen molar-refractivity contribution in [2.75, 3.05) is 5.75 Å². The number of rotatable bonds is 5. The van der Waals surface area contributed by atoms with Crippen LogP contribution in [0.4, 0.5) is 5.69 Å². The molecule has 0 saturated carbocycles. The Morgan fingerprint density at radius 3 is 2.62 bits per heavy atom. The summed E-state index contributed by atoms with van der Waals surface area (Å²) < 4.78 is 10.4. The van der Waals surface area contributed by atoms with Crippen LogP contribution in [0.25, 0.3) is 11.0 Å². The van der Waals surface area contributed by atoms with Gasteiger partial charge in [-0.2, -0.15) is 0 Å². The van der Waals surface area contributed by atoms with Gasteiger partial charge in [0.1, 0.15) is 11.3 Å². The summed E-state index contributed by atoms with van der Waals surface area (Å²) in [6.45, 7) is 1.80. The van der Waals surface area contributed by atoms with Gasteiger partial charge in [-0.25, -0.2) is 4.79 Å². The molecule has 0 spiro atoms. The monoisotopic (exact) mass is 371 g/mol. The SMILES string of the molecule is Cc1cc(=O)oc2cc(OC(=O)CSc3ccc([N+](=O)[O-])cc3)ccc12. The summed E-state index contributed by atoms with van der Waals surface area (Å²) in [6.07, 6.45) is 0. The average Bonchev–Trinajstić information content (AvgIpc) is 2.60. The minimum absolute atomic E-state index is 0.00937. The van der Waals surface area contributed by atoms with Gasteiger partial charge < -0.3 is 9.15 Å². The minimum Gasteiger partial charge on any atom is -0.426 e. The van der Waals surface area contributed by atoms with Crippen molar-refractivity contribution in [2.45, 2.75) is 11.8 Å². The van der Waals surface area contributed by atoms with Gasteiger partial charge >= 0.3 is 11.6 Å². The van der Waals surface area contributed by atoms with Crippen LogP contribution in [0.3, 0.4) is 0 Å². The van der Waals surface area contributed by atoms with E-state index in [1.807, 2.05) is 0 Å². The first kappa shape index (κ1) is 17.7. The number of carbonyl (C=O) groups is 1. The molecule has 0 unspecified atom stereocenters. The minimum atomic E-state index is -0.484. The molecule has 0 bridgehead atoms. The third kappa shape index (κ3) is 4.09. The lowest BCUT2D eigenvalue weighted by Crippen LogP contribution is -2.10. The maximum atomic E-state index is 12.0. The fraction of sp³-hybridized carbons (Fsp3) is 0.111. The van der Waals surface area contributed by atoms with E-state index in [4.69, 9.17) is 9.15 Å². The highest BCUT2D eigenvalue weighted by Gasteiger charge is 2.10. The van der Waals surface area contributed by atoms with E-state index in [0.29, 0.717) is 10.5 Å². The normalized spacial score (nSPS) is 10.7. The van der Waals surface area contributed by atoms with Crippen LogP contribution in [0.1, 0.15) is 5.56 Å². The number of carbonyl (C=O) groups excluding carboxylic acids is 1. The van der Waals surface area contributed by atoms with Crippen LogP contribution in [-0.4, -0.2) is 16.6 Å². The Morgan fingerprint density at radius 1 is 1.19 bits per heavy atom. The van der Waals surface area contributed by atoms with E-state index < -0.39 is 16.5 Å². The lowest BCUT2D eigenvalue weighted by Gasteiger charge is -2.06. The second-order valence-corrected chi connectivity index (χ2v) is 6.47. The third-order valence-corrected chi connectivity index (χ3v) is 4.54. The number of nitro benzene ring substituents is 1. The molecular formula is C18H13NO6S. The van der Waals surface area contributed by atoms with Crippen molar-refractivity contribution >= 4 is 34.4 Å². The molecule has 0 atom stereocenters. The molecule has 1 heterocycles. The Kier molecular flexibility index (Phi) is 5.04. The summed E-state index contributed by atoms with van der Waals surface area (Å²) in [5, 5.41) is 11.4. The van der Waals surface area contributed by atoms with Gasteiger partial charge in [0.2, 0.25) is 0 Å².